The average molecular weight is 384 g/mol. The number of hydrogen-bond acceptors (Lipinski definition) is 3. The van der Waals surface area contributed by atoms with E-state index >= 15 is 0 Å². The minimum atomic E-state index is 0.312. The monoisotopic (exact) mass is 384 g/mol. The summed E-state index contributed by atoms with van der Waals surface area (Å²) in [5.41, 5.74) is 6.46. The van der Waals surface area contributed by atoms with E-state index in [1.807, 2.05) is 6.07 Å². The first-order valence-electron chi connectivity index (χ1n) is 9.98. The van der Waals surface area contributed by atoms with Crippen LogP contribution in [0.25, 0.3) is 10.9 Å². The minimum Gasteiger partial charge on any atom is -0.454 e. The predicted molar refractivity (Wildman–Crippen MR) is 115 cm³/mol. The van der Waals surface area contributed by atoms with Crippen molar-refractivity contribution in [1.29, 1.82) is 0 Å². The first-order valence-corrected chi connectivity index (χ1v) is 9.98. The molecule has 1 N–H and O–H groups in total. The molecule has 5 rings (SSSR count). The van der Waals surface area contributed by atoms with Crippen molar-refractivity contribution in [1.82, 2.24) is 9.88 Å². The SMILES string of the molecule is Cc1ccccc1Cn1cc(CNCc2ccc3c(c2)OCO3)c2ccccc21. The molecular formula is C25H24N2O2. The van der Waals surface area contributed by atoms with Gasteiger partial charge >= 0.3 is 0 Å². The molecule has 0 saturated carbocycles. The lowest BCUT2D eigenvalue weighted by molar-refractivity contribution is 0.174. The Hall–Kier alpha value is -3.24. The van der Waals surface area contributed by atoms with Gasteiger partial charge in [0, 0.05) is 36.7 Å². The van der Waals surface area contributed by atoms with Crippen LogP contribution >= 0.6 is 0 Å². The van der Waals surface area contributed by atoms with Crippen LogP contribution in [0.4, 0.5) is 0 Å². The zero-order valence-electron chi connectivity index (χ0n) is 16.5. The Labute approximate surface area is 170 Å². The molecule has 4 nitrogen and oxygen atoms in total. The third kappa shape index (κ3) is 3.59. The molecule has 4 heteroatoms. The first-order chi connectivity index (χ1) is 14.3. The van der Waals surface area contributed by atoms with Gasteiger partial charge in [-0.2, -0.15) is 0 Å². The van der Waals surface area contributed by atoms with Crippen LogP contribution in [-0.4, -0.2) is 11.4 Å². The fraction of sp³-hybridized carbons (Fsp3) is 0.200. The van der Waals surface area contributed by atoms with E-state index in [4.69, 9.17) is 9.47 Å². The quantitative estimate of drug-likeness (QED) is 0.507. The summed E-state index contributed by atoms with van der Waals surface area (Å²) < 4.78 is 13.2. The Bertz CT molecular complexity index is 1160. The number of fused-ring (bicyclic) bond motifs is 2. The molecule has 0 atom stereocenters. The molecule has 3 aromatic carbocycles. The second-order valence-electron chi connectivity index (χ2n) is 7.52. The lowest BCUT2D eigenvalue weighted by Gasteiger charge is -2.08. The van der Waals surface area contributed by atoms with Crippen LogP contribution in [0.2, 0.25) is 0 Å². The van der Waals surface area contributed by atoms with E-state index in [-0.39, 0.29) is 0 Å². The second-order valence-corrected chi connectivity index (χ2v) is 7.52. The van der Waals surface area contributed by atoms with E-state index < -0.39 is 0 Å². The predicted octanol–water partition coefficient (Wildman–Crippen LogP) is 5.02. The van der Waals surface area contributed by atoms with Crippen molar-refractivity contribution >= 4 is 10.9 Å². The standard InChI is InChI=1S/C25H24N2O2/c1-18-6-2-3-7-20(18)15-27-16-21(22-8-4-5-9-23(22)27)14-26-13-19-10-11-24-25(12-19)29-17-28-24/h2-12,16,26H,13-15,17H2,1H3. The van der Waals surface area contributed by atoms with Gasteiger partial charge in [-0.05, 0) is 47.4 Å². The highest BCUT2D eigenvalue weighted by atomic mass is 16.7. The maximum atomic E-state index is 5.48. The second kappa shape index (κ2) is 7.64. The van der Waals surface area contributed by atoms with Crippen LogP contribution in [0.1, 0.15) is 22.3 Å². The molecule has 1 aliphatic heterocycles. The van der Waals surface area contributed by atoms with Crippen LogP contribution in [0.5, 0.6) is 11.5 Å². The summed E-state index contributed by atoms with van der Waals surface area (Å²) in [6.45, 7) is 4.97. The van der Waals surface area contributed by atoms with Gasteiger partial charge in [0.15, 0.2) is 11.5 Å². The first kappa shape index (κ1) is 17.8. The zero-order valence-corrected chi connectivity index (χ0v) is 16.5. The number of nitrogens with zero attached hydrogens (tertiary/aromatic N) is 1. The molecule has 146 valence electrons. The van der Waals surface area contributed by atoms with Gasteiger partial charge in [0.1, 0.15) is 0 Å². The summed E-state index contributed by atoms with van der Waals surface area (Å²) in [7, 11) is 0. The van der Waals surface area contributed by atoms with E-state index in [2.05, 4.69) is 83.7 Å². The molecule has 1 aliphatic rings. The number of benzene rings is 3. The van der Waals surface area contributed by atoms with E-state index in [0.717, 1.165) is 31.1 Å². The Morgan fingerprint density at radius 1 is 0.862 bits per heavy atom. The Balaban J connectivity index is 1.34. The van der Waals surface area contributed by atoms with Crippen molar-refractivity contribution in [2.24, 2.45) is 0 Å². The summed E-state index contributed by atoms with van der Waals surface area (Å²) in [4.78, 5) is 0. The molecule has 0 saturated heterocycles. The molecule has 4 aromatic rings. The van der Waals surface area contributed by atoms with Crippen molar-refractivity contribution in [2.75, 3.05) is 6.79 Å². The van der Waals surface area contributed by atoms with Crippen molar-refractivity contribution in [3.63, 3.8) is 0 Å². The van der Waals surface area contributed by atoms with E-state index in [0.29, 0.717) is 6.79 Å². The minimum absolute atomic E-state index is 0.312. The molecule has 29 heavy (non-hydrogen) atoms. The van der Waals surface area contributed by atoms with Gasteiger partial charge < -0.3 is 19.4 Å². The Morgan fingerprint density at radius 3 is 2.62 bits per heavy atom. The van der Waals surface area contributed by atoms with E-state index in [1.165, 1.54) is 33.2 Å². The van der Waals surface area contributed by atoms with Gasteiger partial charge in [-0.3, -0.25) is 0 Å². The fourth-order valence-corrected chi connectivity index (χ4v) is 3.96. The van der Waals surface area contributed by atoms with Crippen molar-refractivity contribution in [3.05, 3.63) is 95.2 Å². The summed E-state index contributed by atoms with van der Waals surface area (Å²) in [6, 6.07) is 23.3. The molecule has 0 aliphatic carbocycles. The molecule has 0 unspecified atom stereocenters. The van der Waals surface area contributed by atoms with Gasteiger partial charge in [0.2, 0.25) is 6.79 Å². The molecule has 0 radical (unpaired) electrons. The van der Waals surface area contributed by atoms with Gasteiger partial charge in [0.05, 0.1) is 0 Å². The third-order valence-corrected chi connectivity index (χ3v) is 5.55. The van der Waals surface area contributed by atoms with Crippen LogP contribution in [0.15, 0.2) is 72.9 Å². The highest BCUT2D eigenvalue weighted by molar-refractivity contribution is 5.84. The van der Waals surface area contributed by atoms with Crippen molar-refractivity contribution < 1.29 is 9.47 Å². The lowest BCUT2D eigenvalue weighted by Crippen LogP contribution is -2.12. The number of nitrogens with one attached hydrogen (secondary N) is 1. The van der Waals surface area contributed by atoms with Gasteiger partial charge in [0.25, 0.3) is 0 Å². The molecule has 0 fully saturated rings. The zero-order chi connectivity index (χ0) is 19.6. The molecule has 0 spiro atoms. The highest BCUT2D eigenvalue weighted by Gasteiger charge is 2.13. The van der Waals surface area contributed by atoms with E-state index in [1.54, 1.807) is 0 Å². The van der Waals surface area contributed by atoms with Crippen molar-refractivity contribution in [3.8, 4) is 11.5 Å². The van der Waals surface area contributed by atoms with Gasteiger partial charge in [-0.15, -0.1) is 0 Å². The van der Waals surface area contributed by atoms with Crippen LogP contribution in [0, 0.1) is 6.92 Å². The highest BCUT2D eigenvalue weighted by Crippen LogP contribution is 2.32. The number of hydrogen-bond donors (Lipinski definition) is 1. The normalized spacial score (nSPS) is 12.6. The molecule has 0 bridgehead atoms. The van der Waals surface area contributed by atoms with Crippen LogP contribution < -0.4 is 14.8 Å². The topological polar surface area (TPSA) is 35.4 Å². The van der Waals surface area contributed by atoms with Crippen LogP contribution in [-0.2, 0) is 19.6 Å². The molecule has 0 amide bonds. The maximum Gasteiger partial charge on any atom is 0.231 e. The maximum absolute atomic E-state index is 5.48. The van der Waals surface area contributed by atoms with E-state index in [9.17, 15) is 0 Å². The summed E-state index contributed by atoms with van der Waals surface area (Å²) >= 11 is 0. The third-order valence-electron chi connectivity index (χ3n) is 5.55. The largest absolute Gasteiger partial charge is 0.454 e. The van der Waals surface area contributed by atoms with Gasteiger partial charge in [-0.25, -0.2) is 0 Å². The summed E-state index contributed by atoms with van der Waals surface area (Å²) in [5, 5.41) is 4.89. The lowest BCUT2D eigenvalue weighted by atomic mass is 10.1. The number of para-hydroxylation sites is 1. The number of ether oxygens (including phenoxy) is 2. The van der Waals surface area contributed by atoms with Crippen molar-refractivity contribution in [2.45, 2.75) is 26.6 Å². The Morgan fingerprint density at radius 2 is 1.69 bits per heavy atom. The fourth-order valence-electron chi connectivity index (χ4n) is 3.96. The van der Waals surface area contributed by atoms with Gasteiger partial charge in [-0.1, -0.05) is 48.5 Å². The summed E-state index contributed by atoms with van der Waals surface area (Å²) in [5.74, 6) is 1.66. The Kier molecular flexibility index (Phi) is 4.70. The average Bonchev–Trinajstić information content (AvgIpc) is 3.35. The number of rotatable bonds is 6. The smallest absolute Gasteiger partial charge is 0.231 e. The number of aryl methyl sites for hydroxylation is 1. The molecule has 2 heterocycles. The van der Waals surface area contributed by atoms with Crippen LogP contribution in [0.3, 0.4) is 0 Å². The molecule has 1 aromatic heterocycles. The molecular weight excluding hydrogens is 360 g/mol. The summed E-state index contributed by atoms with van der Waals surface area (Å²) in [6.07, 6.45) is 2.28. The number of aromatic nitrogens is 1.